The second-order valence-electron chi connectivity index (χ2n) is 7.86. The van der Waals surface area contributed by atoms with Gasteiger partial charge >= 0.3 is 0 Å². The molecule has 168 valence electrons. The lowest BCUT2D eigenvalue weighted by molar-refractivity contribution is 0.273. The van der Waals surface area contributed by atoms with E-state index in [-0.39, 0.29) is 5.82 Å². The molecule has 0 unspecified atom stereocenters. The number of benzene rings is 2. The van der Waals surface area contributed by atoms with Gasteiger partial charge in [-0.15, -0.1) is 0 Å². The molecule has 2 aromatic carbocycles. The number of sulfonamides is 1. The van der Waals surface area contributed by atoms with E-state index >= 15 is 0 Å². The minimum absolute atomic E-state index is 0.214. The molecule has 1 aliphatic heterocycles. The molecule has 0 amide bonds. The summed E-state index contributed by atoms with van der Waals surface area (Å²) in [6, 6.07) is 13.5. The van der Waals surface area contributed by atoms with Crippen LogP contribution in [0.4, 0.5) is 4.39 Å². The van der Waals surface area contributed by atoms with Crippen LogP contribution in [-0.4, -0.2) is 51.9 Å². The molecule has 0 radical (unpaired) electrons. The summed E-state index contributed by atoms with van der Waals surface area (Å²) >= 11 is 0. The van der Waals surface area contributed by atoms with E-state index in [1.807, 2.05) is 19.1 Å². The van der Waals surface area contributed by atoms with Crippen molar-refractivity contribution in [3.63, 3.8) is 0 Å². The highest BCUT2D eigenvalue weighted by Crippen LogP contribution is 2.23. The van der Waals surface area contributed by atoms with Crippen molar-refractivity contribution in [1.29, 1.82) is 0 Å². The number of hydrogen-bond acceptors (Lipinski definition) is 3. The quantitative estimate of drug-likeness (QED) is 0.507. The molecule has 0 aliphatic carbocycles. The minimum Gasteiger partial charge on any atom is -0.356 e. The van der Waals surface area contributed by atoms with Crippen LogP contribution < -0.4 is 10.6 Å². The summed E-state index contributed by atoms with van der Waals surface area (Å²) in [6.45, 7) is 4.41. The van der Waals surface area contributed by atoms with Gasteiger partial charge in [-0.25, -0.2) is 12.8 Å². The maximum absolute atomic E-state index is 13.2. The minimum atomic E-state index is -3.41. The highest BCUT2D eigenvalue weighted by Gasteiger charge is 2.29. The lowest BCUT2D eigenvalue weighted by Crippen LogP contribution is -2.44. The smallest absolute Gasteiger partial charge is 0.243 e. The molecule has 0 atom stereocenters. The third-order valence-electron chi connectivity index (χ3n) is 5.73. The van der Waals surface area contributed by atoms with Gasteiger partial charge in [0.05, 0.1) is 4.90 Å². The molecule has 31 heavy (non-hydrogen) atoms. The molecule has 0 spiro atoms. The summed E-state index contributed by atoms with van der Waals surface area (Å²) in [6.07, 6.45) is 2.40. The van der Waals surface area contributed by atoms with Gasteiger partial charge in [0.25, 0.3) is 0 Å². The molecule has 8 heteroatoms. The lowest BCUT2D eigenvalue weighted by atomic mass is 9.98. The Hall–Kier alpha value is -2.45. The van der Waals surface area contributed by atoms with Crippen molar-refractivity contribution in [2.45, 2.75) is 31.1 Å². The number of aryl methyl sites for hydroxylation is 1. The van der Waals surface area contributed by atoms with Crippen LogP contribution in [0.1, 0.15) is 24.0 Å². The average molecular weight is 447 g/mol. The summed E-state index contributed by atoms with van der Waals surface area (Å²) in [5, 5.41) is 6.64. The molecule has 1 fully saturated rings. The van der Waals surface area contributed by atoms with Crippen LogP contribution in [0.25, 0.3) is 0 Å². The van der Waals surface area contributed by atoms with Gasteiger partial charge in [0.1, 0.15) is 5.82 Å². The molecule has 3 rings (SSSR count). The van der Waals surface area contributed by atoms with Crippen molar-refractivity contribution in [3.05, 3.63) is 65.5 Å². The van der Waals surface area contributed by atoms with Gasteiger partial charge in [0.2, 0.25) is 10.0 Å². The van der Waals surface area contributed by atoms with Gasteiger partial charge in [-0.05, 0) is 67.5 Å². The van der Waals surface area contributed by atoms with Gasteiger partial charge in [0, 0.05) is 33.2 Å². The van der Waals surface area contributed by atoms with Crippen molar-refractivity contribution < 1.29 is 12.8 Å². The molecule has 1 saturated heterocycles. The van der Waals surface area contributed by atoms with Crippen LogP contribution in [0.3, 0.4) is 0 Å². The first-order valence-electron chi connectivity index (χ1n) is 10.6. The zero-order valence-electron chi connectivity index (χ0n) is 18.1. The topological polar surface area (TPSA) is 73.8 Å². The summed E-state index contributed by atoms with van der Waals surface area (Å²) < 4.78 is 40.3. The molecule has 0 bridgehead atoms. The van der Waals surface area contributed by atoms with Gasteiger partial charge < -0.3 is 10.6 Å². The fourth-order valence-electron chi connectivity index (χ4n) is 3.81. The SMILES string of the molecule is CN=C(NCCc1ccc(F)cc1C)NCC1CCN(S(=O)(=O)c2ccccc2)CC1. The molecule has 2 aromatic rings. The first kappa shape index (κ1) is 23.2. The fraction of sp³-hybridized carbons (Fsp3) is 0.435. The van der Waals surface area contributed by atoms with E-state index in [0.717, 1.165) is 42.9 Å². The van der Waals surface area contributed by atoms with Gasteiger partial charge in [-0.1, -0.05) is 24.3 Å². The highest BCUT2D eigenvalue weighted by atomic mass is 32.2. The standard InChI is InChI=1S/C23H31FN4O2S/c1-18-16-21(24)9-8-20(18)10-13-26-23(25-2)27-17-19-11-14-28(15-12-19)31(29,30)22-6-4-3-5-7-22/h3-9,16,19H,10-15,17H2,1-2H3,(H2,25,26,27). The fourth-order valence-corrected chi connectivity index (χ4v) is 5.30. The zero-order valence-corrected chi connectivity index (χ0v) is 19.0. The van der Waals surface area contributed by atoms with E-state index in [1.165, 1.54) is 6.07 Å². The van der Waals surface area contributed by atoms with E-state index < -0.39 is 10.0 Å². The second-order valence-corrected chi connectivity index (χ2v) is 9.80. The first-order valence-corrected chi connectivity index (χ1v) is 12.1. The number of nitrogens with zero attached hydrogens (tertiary/aromatic N) is 2. The monoisotopic (exact) mass is 446 g/mol. The molecular formula is C23H31FN4O2S. The first-order chi connectivity index (χ1) is 14.9. The number of aliphatic imine (C=N–C) groups is 1. The highest BCUT2D eigenvalue weighted by molar-refractivity contribution is 7.89. The van der Waals surface area contributed by atoms with Crippen LogP contribution in [0.15, 0.2) is 58.4 Å². The number of hydrogen-bond donors (Lipinski definition) is 2. The molecule has 1 heterocycles. The second kappa shape index (κ2) is 10.7. The molecular weight excluding hydrogens is 415 g/mol. The van der Waals surface area contributed by atoms with Crippen LogP contribution in [0.2, 0.25) is 0 Å². The van der Waals surface area contributed by atoms with E-state index in [9.17, 15) is 12.8 Å². The van der Waals surface area contributed by atoms with Gasteiger partial charge in [0.15, 0.2) is 5.96 Å². The van der Waals surface area contributed by atoms with Crippen molar-refractivity contribution in [1.82, 2.24) is 14.9 Å². The Bertz CT molecular complexity index is 988. The largest absolute Gasteiger partial charge is 0.356 e. The maximum atomic E-state index is 13.2. The summed E-state index contributed by atoms with van der Waals surface area (Å²) in [5.74, 6) is 0.897. The Morgan fingerprint density at radius 3 is 2.48 bits per heavy atom. The summed E-state index contributed by atoms with van der Waals surface area (Å²) in [5.41, 5.74) is 2.05. The van der Waals surface area contributed by atoms with E-state index in [1.54, 1.807) is 41.7 Å². The third kappa shape index (κ3) is 6.27. The van der Waals surface area contributed by atoms with Crippen LogP contribution >= 0.6 is 0 Å². The number of nitrogens with one attached hydrogen (secondary N) is 2. The lowest BCUT2D eigenvalue weighted by Gasteiger charge is -2.31. The number of rotatable bonds is 7. The molecule has 1 aliphatic rings. The van der Waals surface area contributed by atoms with Crippen LogP contribution in [0, 0.1) is 18.7 Å². The number of piperidine rings is 1. The van der Waals surface area contributed by atoms with E-state index in [4.69, 9.17) is 0 Å². The van der Waals surface area contributed by atoms with Gasteiger partial charge in [-0.2, -0.15) is 4.31 Å². The van der Waals surface area contributed by atoms with Crippen molar-refractivity contribution in [2.24, 2.45) is 10.9 Å². The molecule has 0 saturated carbocycles. The Morgan fingerprint density at radius 1 is 1.13 bits per heavy atom. The predicted octanol–water partition coefficient (Wildman–Crippen LogP) is 2.94. The molecule has 2 N–H and O–H groups in total. The van der Waals surface area contributed by atoms with Crippen molar-refractivity contribution >= 4 is 16.0 Å². The van der Waals surface area contributed by atoms with E-state index in [2.05, 4.69) is 15.6 Å². The van der Waals surface area contributed by atoms with Crippen molar-refractivity contribution in [2.75, 3.05) is 33.2 Å². The zero-order chi connectivity index (χ0) is 22.3. The Labute approximate surface area is 184 Å². The average Bonchev–Trinajstić information content (AvgIpc) is 2.78. The molecule has 0 aromatic heterocycles. The Morgan fingerprint density at radius 2 is 1.84 bits per heavy atom. The molecule has 6 nitrogen and oxygen atoms in total. The number of guanidine groups is 1. The van der Waals surface area contributed by atoms with E-state index in [0.29, 0.717) is 30.4 Å². The predicted molar refractivity (Wildman–Crippen MR) is 122 cm³/mol. The Kier molecular flexibility index (Phi) is 8.03. The maximum Gasteiger partial charge on any atom is 0.243 e. The van der Waals surface area contributed by atoms with Crippen LogP contribution in [-0.2, 0) is 16.4 Å². The third-order valence-corrected chi connectivity index (χ3v) is 7.64. The van der Waals surface area contributed by atoms with Gasteiger partial charge in [-0.3, -0.25) is 4.99 Å². The summed E-state index contributed by atoms with van der Waals surface area (Å²) in [7, 11) is -1.68. The Balaban J connectivity index is 1.42. The van der Waals surface area contributed by atoms with Crippen LogP contribution in [0.5, 0.6) is 0 Å². The van der Waals surface area contributed by atoms with Crippen molar-refractivity contribution in [3.8, 4) is 0 Å². The normalized spacial score (nSPS) is 16.3. The number of halogens is 1. The summed E-state index contributed by atoms with van der Waals surface area (Å²) in [4.78, 5) is 4.62.